The van der Waals surface area contributed by atoms with Crippen molar-refractivity contribution >= 4 is 17.3 Å². The number of fused-ring (bicyclic) bond motifs is 1. The van der Waals surface area contributed by atoms with Gasteiger partial charge in [-0.1, -0.05) is 74.5 Å². The Morgan fingerprint density at radius 1 is 0.871 bits per heavy atom. The summed E-state index contributed by atoms with van der Waals surface area (Å²) in [5.74, 6) is 2.23. The molecule has 0 spiro atoms. The molecule has 4 aromatic rings. The van der Waals surface area contributed by atoms with E-state index >= 15 is 0 Å². The van der Waals surface area contributed by atoms with Crippen molar-refractivity contribution in [3.63, 3.8) is 0 Å². The number of anilines is 2. The molecule has 1 unspecified atom stereocenters. The van der Waals surface area contributed by atoms with Gasteiger partial charge in [0.15, 0.2) is 0 Å². The Labute approximate surface area is 182 Å². The summed E-state index contributed by atoms with van der Waals surface area (Å²) in [7, 11) is 0. The summed E-state index contributed by atoms with van der Waals surface area (Å²) in [6.45, 7) is 4.41. The first-order valence-corrected chi connectivity index (χ1v) is 10.6. The third kappa shape index (κ3) is 3.82. The molecule has 0 radical (unpaired) electrons. The largest absolute Gasteiger partial charge is 0.344 e. The van der Waals surface area contributed by atoms with E-state index in [1.807, 2.05) is 59.4 Å². The van der Waals surface area contributed by atoms with Crippen LogP contribution in [0.2, 0.25) is 0 Å². The molecule has 5 nitrogen and oxygen atoms in total. The molecule has 0 fully saturated rings. The normalized spacial score (nSPS) is 15.2. The number of nitrogens with one attached hydrogen (secondary N) is 2. The summed E-state index contributed by atoms with van der Waals surface area (Å²) in [6, 6.07) is 29.0. The van der Waals surface area contributed by atoms with E-state index < -0.39 is 0 Å². The van der Waals surface area contributed by atoms with Crippen LogP contribution in [0.1, 0.15) is 42.6 Å². The number of rotatable bonds is 4. The van der Waals surface area contributed by atoms with Gasteiger partial charge < -0.3 is 10.6 Å². The quantitative estimate of drug-likeness (QED) is 0.438. The van der Waals surface area contributed by atoms with Crippen LogP contribution in [0.5, 0.6) is 0 Å². The molecule has 0 bridgehead atoms. The van der Waals surface area contributed by atoms with E-state index in [0.29, 0.717) is 5.92 Å². The highest BCUT2D eigenvalue weighted by Crippen LogP contribution is 2.32. The lowest BCUT2D eigenvalue weighted by Crippen LogP contribution is -2.25. The first kappa shape index (κ1) is 19.1. The molecule has 1 aromatic heterocycles. The molecular weight excluding hydrogens is 382 g/mol. The van der Waals surface area contributed by atoms with Gasteiger partial charge in [-0.2, -0.15) is 5.10 Å². The Balaban J connectivity index is 1.57. The molecule has 5 heteroatoms. The van der Waals surface area contributed by atoms with Crippen LogP contribution < -0.4 is 10.6 Å². The molecule has 2 heterocycles. The molecular formula is C26H25N5. The molecule has 1 aliphatic rings. The number of benzene rings is 3. The number of amidine groups is 1. The predicted molar refractivity (Wildman–Crippen MR) is 127 cm³/mol. The molecule has 1 aliphatic heterocycles. The fraction of sp³-hybridized carbons (Fsp3) is 0.154. The summed E-state index contributed by atoms with van der Waals surface area (Å²) < 4.78 is 1.94. The summed E-state index contributed by atoms with van der Waals surface area (Å²) in [5.41, 5.74) is 5.38. The van der Waals surface area contributed by atoms with Gasteiger partial charge in [-0.15, -0.1) is 0 Å². The number of nitrogens with zero attached hydrogens (tertiary/aromatic N) is 3. The highest BCUT2D eigenvalue weighted by atomic mass is 15.4. The minimum Gasteiger partial charge on any atom is -0.344 e. The van der Waals surface area contributed by atoms with Crippen molar-refractivity contribution < 1.29 is 0 Å². The van der Waals surface area contributed by atoms with Gasteiger partial charge in [0.05, 0.1) is 17.4 Å². The van der Waals surface area contributed by atoms with Gasteiger partial charge in [-0.05, 0) is 41.3 Å². The van der Waals surface area contributed by atoms with Crippen molar-refractivity contribution in [1.82, 2.24) is 9.78 Å². The molecule has 0 aliphatic carbocycles. The first-order valence-electron chi connectivity index (χ1n) is 10.6. The SMILES string of the molecule is CC(C)c1ccc(C2N=C(Nc3ccccc3)c3cnn(-c4ccccc4)c3N2)cc1. The van der Waals surface area contributed by atoms with E-state index in [1.165, 1.54) is 5.56 Å². The molecule has 154 valence electrons. The number of hydrogen-bond donors (Lipinski definition) is 2. The third-order valence-corrected chi connectivity index (χ3v) is 5.51. The van der Waals surface area contributed by atoms with Crippen LogP contribution in [-0.4, -0.2) is 15.6 Å². The predicted octanol–water partition coefficient (Wildman–Crippen LogP) is 5.98. The van der Waals surface area contributed by atoms with Crippen molar-refractivity contribution in [1.29, 1.82) is 0 Å². The van der Waals surface area contributed by atoms with Crippen molar-refractivity contribution in [2.24, 2.45) is 4.99 Å². The standard InChI is InChI=1S/C26H25N5/c1-18(2)19-13-15-20(16-14-19)24-29-25(28-21-9-5-3-6-10-21)23-17-27-31(26(23)30-24)22-11-7-4-8-12-22/h3-18,24,30H,1-2H3,(H,28,29). The van der Waals surface area contributed by atoms with Crippen molar-refractivity contribution in [3.05, 3.63) is 108 Å². The lowest BCUT2D eigenvalue weighted by atomic mass is 10.0. The number of hydrogen-bond acceptors (Lipinski definition) is 4. The average molecular weight is 408 g/mol. The minimum absolute atomic E-state index is 0.209. The first-order chi connectivity index (χ1) is 15.2. The van der Waals surface area contributed by atoms with E-state index in [-0.39, 0.29) is 6.17 Å². The van der Waals surface area contributed by atoms with Crippen LogP contribution in [0.25, 0.3) is 5.69 Å². The van der Waals surface area contributed by atoms with Crippen molar-refractivity contribution in [2.75, 3.05) is 10.6 Å². The topological polar surface area (TPSA) is 54.2 Å². The third-order valence-electron chi connectivity index (χ3n) is 5.51. The fourth-order valence-corrected chi connectivity index (χ4v) is 3.76. The van der Waals surface area contributed by atoms with Crippen LogP contribution in [0.15, 0.2) is 96.1 Å². The highest BCUT2D eigenvalue weighted by molar-refractivity contribution is 6.12. The lowest BCUT2D eigenvalue weighted by Gasteiger charge is -2.25. The van der Waals surface area contributed by atoms with Gasteiger partial charge in [0.1, 0.15) is 17.8 Å². The Bertz CT molecular complexity index is 1190. The van der Waals surface area contributed by atoms with Crippen molar-refractivity contribution in [3.8, 4) is 5.69 Å². The second-order valence-corrected chi connectivity index (χ2v) is 7.99. The fourth-order valence-electron chi connectivity index (χ4n) is 3.76. The molecule has 1 atom stereocenters. The van der Waals surface area contributed by atoms with Gasteiger partial charge in [0, 0.05) is 5.69 Å². The van der Waals surface area contributed by atoms with Crippen LogP contribution in [0.3, 0.4) is 0 Å². The van der Waals surface area contributed by atoms with Crippen LogP contribution in [0, 0.1) is 0 Å². The maximum atomic E-state index is 5.01. The molecule has 0 saturated carbocycles. The van der Waals surface area contributed by atoms with E-state index in [1.54, 1.807) is 0 Å². The minimum atomic E-state index is -0.209. The van der Waals surface area contributed by atoms with E-state index in [2.05, 4.69) is 66.0 Å². The Kier molecular flexibility index (Phi) is 5.00. The monoisotopic (exact) mass is 407 g/mol. The zero-order valence-electron chi connectivity index (χ0n) is 17.7. The lowest BCUT2D eigenvalue weighted by molar-refractivity contribution is 0.787. The van der Waals surface area contributed by atoms with Crippen LogP contribution >= 0.6 is 0 Å². The van der Waals surface area contributed by atoms with Crippen LogP contribution in [0.4, 0.5) is 11.5 Å². The maximum Gasteiger partial charge on any atom is 0.148 e. The van der Waals surface area contributed by atoms with Gasteiger partial charge in [0.25, 0.3) is 0 Å². The maximum absolute atomic E-state index is 5.01. The molecule has 0 amide bonds. The summed E-state index contributed by atoms with van der Waals surface area (Å²) in [5, 5.41) is 11.7. The molecule has 2 N–H and O–H groups in total. The molecule has 0 saturated heterocycles. The van der Waals surface area contributed by atoms with Crippen molar-refractivity contribution in [2.45, 2.75) is 25.9 Å². The van der Waals surface area contributed by atoms with Gasteiger partial charge in [-0.25, -0.2) is 9.67 Å². The Morgan fingerprint density at radius 2 is 1.55 bits per heavy atom. The second kappa shape index (κ2) is 8.11. The van der Waals surface area contributed by atoms with Crippen LogP contribution in [-0.2, 0) is 0 Å². The Morgan fingerprint density at radius 3 is 2.23 bits per heavy atom. The zero-order valence-corrected chi connectivity index (χ0v) is 17.7. The Hall–Kier alpha value is -3.86. The smallest absolute Gasteiger partial charge is 0.148 e. The highest BCUT2D eigenvalue weighted by Gasteiger charge is 2.26. The van der Waals surface area contributed by atoms with Gasteiger partial charge in [0.2, 0.25) is 0 Å². The van der Waals surface area contributed by atoms with E-state index in [4.69, 9.17) is 4.99 Å². The summed E-state index contributed by atoms with van der Waals surface area (Å²) >= 11 is 0. The average Bonchev–Trinajstić information content (AvgIpc) is 3.25. The summed E-state index contributed by atoms with van der Waals surface area (Å²) in [6.07, 6.45) is 1.65. The zero-order chi connectivity index (χ0) is 21.2. The van der Waals surface area contributed by atoms with E-state index in [9.17, 15) is 0 Å². The molecule has 31 heavy (non-hydrogen) atoms. The van der Waals surface area contributed by atoms with Gasteiger partial charge in [-0.3, -0.25) is 0 Å². The van der Waals surface area contributed by atoms with E-state index in [0.717, 1.165) is 34.2 Å². The summed E-state index contributed by atoms with van der Waals surface area (Å²) in [4.78, 5) is 5.01. The molecule has 5 rings (SSSR count). The molecule has 3 aromatic carbocycles. The number of aliphatic imine (C=N–C) groups is 1. The second-order valence-electron chi connectivity index (χ2n) is 7.99. The number of aromatic nitrogens is 2. The number of para-hydroxylation sites is 2. The van der Waals surface area contributed by atoms with Gasteiger partial charge >= 0.3 is 0 Å².